The van der Waals surface area contributed by atoms with E-state index in [9.17, 15) is 4.79 Å². The minimum atomic E-state index is -0.316. The quantitative estimate of drug-likeness (QED) is 0.801. The molecule has 0 saturated carbocycles. The van der Waals surface area contributed by atoms with Crippen molar-refractivity contribution in [2.75, 3.05) is 7.11 Å². The average Bonchev–Trinajstić information content (AvgIpc) is 2.71. The van der Waals surface area contributed by atoms with E-state index in [1.807, 2.05) is 37.3 Å². The van der Waals surface area contributed by atoms with Gasteiger partial charge in [0.15, 0.2) is 0 Å². The molecule has 2 aromatic rings. The molecule has 0 aliphatic carbocycles. The molecule has 1 aromatic carbocycles. The fourth-order valence-electron chi connectivity index (χ4n) is 1.62. The first-order valence-electron chi connectivity index (χ1n) is 5.47. The summed E-state index contributed by atoms with van der Waals surface area (Å²) in [6.45, 7) is 2.02. The van der Waals surface area contributed by atoms with Crippen molar-refractivity contribution in [2.45, 2.75) is 13.5 Å². The number of esters is 1. The van der Waals surface area contributed by atoms with Gasteiger partial charge in [-0.3, -0.25) is 9.48 Å². The number of methoxy groups -OCH3 is 1. The van der Waals surface area contributed by atoms with Crippen LogP contribution in [0.2, 0.25) is 5.02 Å². The van der Waals surface area contributed by atoms with Gasteiger partial charge < -0.3 is 4.74 Å². The number of ether oxygens (including phenoxy) is 1. The third-order valence-electron chi connectivity index (χ3n) is 2.63. The molecule has 0 saturated heterocycles. The lowest BCUT2D eigenvalue weighted by Gasteiger charge is -2.01. The number of hydrogen-bond donors (Lipinski definition) is 0. The summed E-state index contributed by atoms with van der Waals surface area (Å²) in [5.74, 6) is -0.316. The van der Waals surface area contributed by atoms with Gasteiger partial charge in [0.2, 0.25) is 0 Å². The van der Waals surface area contributed by atoms with Gasteiger partial charge in [0, 0.05) is 16.3 Å². The van der Waals surface area contributed by atoms with Crippen LogP contribution in [0, 0.1) is 6.92 Å². The summed E-state index contributed by atoms with van der Waals surface area (Å²) in [6, 6.07) is 9.34. The Bertz CT molecular complexity index is 561. The molecule has 0 bridgehead atoms. The fourth-order valence-corrected chi connectivity index (χ4v) is 1.74. The normalized spacial score (nSPS) is 10.4. The van der Waals surface area contributed by atoms with Crippen molar-refractivity contribution < 1.29 is 9.53 Å². The van der Waals surface area contributed by atoms with Gasteiger partial charge in [0.05, 0.1) is 12.8 Å². The Morgan fingerprint density at radius 2 is 2.06 bits per heavy atom. The fraction of sp³-hybridized carbons (Fsp3) is 0.231. The van der Waals surface area contributed by atoms with E-state index in [1.165, 1.54) is 7.11 Å². The number of aromatic nitrogens is 2. The molecule has 0 amide bonds. The van der Waals surface area contributed by atoms with E-state index in [-0.39, 0.29) is 12.5 Å². The van der Waals surface area contributed by atoms with Crippen LogP contribution in [-0.2, 0) is 16.1 Å². The van der Waals surface area contributed by atoms with Gasteiger partial charge in [0.25, 0.3) is 0 Å². The number of aryl methyl sites for hydroxylation is 1. The van der Waals surface area contributed by atoms with E-state index in [0.717, 1.165) is 17.0 Å². The van der Waals surface area contributed by atoms with Crippen LogP contribution in [0.25, 0.3) is 11.3 Å². The maximum atomic E-state index is 11.2. The highest BCUT2D eigenvalue weighted by Crippen LogP contribution is 2.21. The van der Waals surface area contributed by atoms with E-state index < -0.39 is 0 Å². The zero-order valence-corrected chi connectivity index (χ0v) is 10.9. The second-order valence-corrected chi connectivity index (χ2v) is 4.35. The highest BCUT2D eigenvalue weighted by atomic mass is 35.5. The van der Waals surface area contributed by atoms with Crippen LogP contribution in [0.3, 0.4) is 0 Å². The molecule has 0 unspecified atom stereocenters. The average molecular weight is 265 g/mol. The standard InChI is InChI=1S/C13H13ClN2O2/c1-9-7-12(10-3-5-11(14)6-4-10)15-16(9)8-13(17)18-2/h3-7H,8H2,1-2H3. The van der Waals surface area contributed by atoms with E-state index in [0.29, 0.717) is 5.02 Å². The summed E-state index contributed by atoms with van der Waals surface area (Å²) in [5, 5.41) is 5.06. The predicted octanol–water partition coefficient (Wildman–Crippen LogP) is 2.68. The molecule has 0 aliphatic heterocycles. The highest BCUT2D eigenvalue weighted by Gasteiger charge is 2.09. The smallest absolute Gasteiger partial charge is 0.327 e. The van der Waals surface area contributed by atoms with Crippen LogP contribution >= 0.6 is 11.6 Å². The second kappa shape index (κ2) is 5.23. The van der Waals surface area contributed by atoms with Crippen molar-refractivity contribution in [3.05, 3.63) is 41.0 Å². The first-order valence-corrected chi connectivity index (χ1v) is 5.85. The topological polar surface area (TPSA) is 44.1 Å². The summed E-state index contributed by atoms with van der Waals surface area (Å²) in [7, 11) is 1.36. The lowest BCUT2D eigenvalue weighted by molar-refractivity contribution is -0.141. The zero-order chi connectivity index (χ0) is 13.1. The molecule has 0 fully saturated rings. The minimum absolute atomic E-state index is 0.121. The monoisotopic (exact) mass is 264 g/mol. The van der Waals surface area contributed by atoms with Gasteiger partial charge >= 0.3 is 5.97 Å². The molecule has 0 aliphatic rings. The minimum Gasteiger partial charge on any atom is -0.468 e. The molecule has 1 aromatic heterocycles. The van der Waals surface area contributed by atoms with Gasteiger partial charge in [-0.05, 0) is 25.1 Å². The maximum absolute atomic E-state index is 11.2. The van der Waals surface area contributed by atoms with Gasteiger partial charge in [-0.25, -0.2) is 0 Å². The van der Waals surface area contributed by atoms with Gasteiger partial charge in [0.1, 0.15) is 6.54 Å². The van der Waals surface area contributed by atoms with Crippen molar-refractivity contribution in [3.8, 4) is 11.3 Å². The lowest BCUT2D eigenvalue weighted by Crippen LogP contribution is -2.13. The molecule has 2 rings (SSSR count). The van der Waals surface area contributed by atoms with Crippen molar-refractivity contribution >= 4 is 17.6 Å². The van der Waals surface area contributed by atoms with Crippen LogP contribution in [-0.4, -0.2) is 22.9 Å². The van der Waals surface area contributed by atoms with Crippen molar-refractivity contribution in [2.24, 2.45) is 0 Å². The summed E-state index contributed by atoms with van der Waals surface area (Å²) in [6.07, 6.45) is 0. The molecule has 0 spiro atoms. The molecule has 0 atom stereocenters. The Morgan fingerprint density at radius 1 is 1.39 bits per heavy atom. The molecular formula is C13H13ClN2O2. The van der Waals surface area contributed by atoms with Gasteiger partial charge in [-0.2, -0.15) is 5.10 Å². The molecule has 0 radical (unpaired) electrons. The summed E-state index contributed by atoms with van der Waals surface area (Å²) in [4.78, 5) is 11.2. The molecule has 5 heteroatoms. The van der Waals surface area contributed by atoms with Gasteiger partial charge in [-0.1, -0.05) is 23.7 Å². The number of rotatable bonds is 3. The highest BCUT2D eigenvalue weighted by molar-refractivity contribution is 6.30. The number of carbonyl (C=O) groups excluding carboxylic acids is 1. The molecule has 94 valence electrons. The van der Waals surface area contributed by atoms with Crippen LogP contribution < -0.4 is 0 Å². The SMILES string of the molecule is COC(=O)Cn1nc(-c2ccc(Cl)cc2)cc1C. The van der Waals surface area contributed by atoms with E-state index in [1.54, 1.807) is 4.68 Å². The van der Waals surface area contributed by atoms with Crippen LogP contribution in [0.5, 0.6) is 0 Å². The van der Waals surface area contributed by atoms with Crippen LogP contribution in [0.1, 0.15) is 5.69 Å². The third-order valence-corrected chi connectivity index (χ3v) is 2.88. The second-order valence-electron chi connectivity index (χ2n) is 3.91. The number of benzene rings is 1. The number of carbonyl (C=O) groups is 1. The summed E-state index contributed by atoms with van der Waals surface area (Å²) < 4.78 is 6.24. The van der Waals surface area contributed by atoms with E-state index in [2.05, 4.69) is 9.84 Å². The maximum Gasteiger partial charge on any atom is 0.327 e. The summed E-state index contributed by atoms with van der Waals surface area (Å²) in [5.41, 5.74) is 2.68. The predicted molar refractivity (Wildman–Crippen MR) is 69.4 cm³/mol. The van der Waals surface area contributed by atoms with E-state index in [4.69, 9.17) is 11.6 Å². The number of nitrogens with zero attached hydrogens (tertiary/aromatic N) is 2. The first kappa shape index (κ1) is 12.6. The Hall–Kier alpha value is -1.81. The Morgan fingerprint density at radius 3 is 2.67 bits per heavy atom. The van der Waals surface area contributed by atoms with Gasteiger partial charge in [-0.15, -0.1) is 0 Å². The molecule has 0 N–H and O–H groups in total. The zero-order valence-electron chi connectivity index (χ0n) is 10.2. The molecular weight excluding hydrogens is 252 g/mol. The van der Waals surface area contributed by atoms with Crippen molar-refractivity contribution in [3.63, 3.8) is 0 Å². The number of halogens is 1. The Labute approximate surface area is 110 Å². The summed E-state index contributed by atoms with van der Waals surface area (Å²) >= 11 is 5.84. The Kier molecular flexibility index (Phi) is 3.67. The molecule has 4 nitrogen and oxygen atoms in total. The van der Waals surface area contributed by atoms with Crippen molar-refractivity contribution in [1.29, 1.82) is 0 Å². The van der Waals surface area contributed by atoms with Crippen LogP contribution in [0.4, 0.5) is 0 Å². The molecule has 18 heavy (non-hydrogen) atoms. The first-order chi connectivity index (χ1) is 8.60. The van der Waals surface area contributed by atoms with Crippen LogP contribution in [0.15, 0.2) is 30.3 Å². The molecule has 1 heterocycles. The lowest BCUT2D eigenvalue weighted by atomic mass is 10.1. The number of hydrogen-bond acceptors (Lipinski definition) is 3. The van der Waals surface area contributed by atoms with Crippen molar-refractivity contribution in [1.82, 2.24) is 9.78 Å². The Balaban J connectivity index is 2.28. The van der Waals surface area contributed by atoms with E-state index >= 15 is 0 Å². The third kappa shape index (κ3) is 2.71. The largest absolute Gasteiger partial charge is 0.468 e.